The number of nitrogens with one attached hydrogen (secondary N) is 1. The zero-order valence-corrected chi connectivity index (χ0v) is 12.4. The van der Waals surface area contributed by atoms with Gasteiger partial charge in [-0.2, -0.15) is 5.01 Å². The maximum absolute atomic E-state index is 11.9. The third kappa shape index (κ3) is 3.63. The van der Waals surface area contributed by atoms with Crippen LogP contribution >= 0.6 is 11.6 Å². The number of hydrogen-bond acceptors (Lipinski definition) is 9. The molecule has 0 aromatic carbocycles. The Morgan fingerprint density at radius 3 is 2.64 bits per heavy atom. The first-order valence-electron chi connectivity index (χ1n) is 6.22. The highest BCUT2D eigenvalue weighted by Crippen LogP contribution is 2.28. The fourth-order valence-electron chi connectivity index (χ4n) is 1.96. The van der Waals surface area contributed by atoms with Gasteiger partial charge in [0, 0.05) is 13.0 Å². The number of urea groups is 1. The lowest BCUT2D eigenvalue weighted by molar-refractivity contribution is -0.341. The van der Waals surface area contributed by atoms with Crippen molar-refractivity contribution in [2.24, 2.45) is 5.29 Å². The minimum Gasteiger partial charge on any atom is -0.394 e. The topological polar surface area (TPSA) is 161 Å². The molecule has 11 nitrogen and oxygen atoms in total. The molecule has 0 saturated carbocycles. The Bertz CT molecular complexity index is 398. The summed E-state index contributed by atoms with van der Waals surface area (Å²) in [5, 5.41) is 43.9. The van der Waals surface area contributed by atoms with Gasteiger partial charge in [0.15, 0.2) is 0 Å². The maximum Gasteiger partial charge on any atom is 0.342 e. The molecule has 0 radical (unpaired) electrons. The van der Waals surface area contributed by atoms with E-state index in [1.807, 2.05) is 5.32 Å². The molecule has 1 rings (SSSR count). The van der Waals surface area contributed by atoms with E-state index >= 15 is 0 Å². The molecule has 0 aliphatic carbocycles. The van der Waals surface area contributed by atoms with Crippen LogP contribution in [0.4, 0.5) is 4.79 Å². The SMILES string of the molecule is CO[C@@H]1O[C@H](CO)[C@@H](O)[C@H](O)[C@@]1(O)NC(=O)N(CCCl)N=O. The summed E-state index contributed by atoms with van der Waals surface area (Å²) in [6.07, 6.45) is -6.53. The second-order valence-electron chi connectivity index (χ2n) is 4.51. The number of rotatable bonds is 6. The molecular formula is C10H18ClN3O8. The third-order valence-electron chi connectivity index (χ3n) is 3.14. The van der Waals surface area contributed by atoms with Gasteiger partial charge in [-0.15, -0.1) is 16.5 Å². The molecule has 0 bridgehead atoms. The first-order valence-corrected chi connectivity index (χ1v) is 6.75. The Labute approximate surface area is 130 Å². The summed E-state index contributed by atoms with van der Waals surface area (Å²) in [5.74, 6) is -0.0977. The number of nitroso groups, excluding NO2 is 1. The van der Waals surface area contributed by atoms with Crippen LogP contribution in [-0.4, -0.2) is 87.9 Å². The summed E-state index contributed by atoms with van der Waals surface area (Å²) in [6.45, 7) is -0.903. The smallest absolute Gasteiger partial charge is 0.342 e. The van der Waals surface area contributed by atoms with Gasteiger partial charge in [-0.3, -0.25) is 0 Å². The number of ether oxygens (including phenoxy) is 2. The van der Waals surface area contributed by atoms with Crippen LogP contribution in [-0.2, 0) is 9.47 Å². The van der Waals surface area contributed by atoms with E-state index in [0.717, 1.165) is 7.11 Å². The number of amides is 2. The third-order valence-corrected chi connectivity index (χ3v) is 3.31. The number of nitrogens with zero attached hydrogens (tertiary/aromatic N) is 2. The molecule has 0 aromatic heterocycles. The lowest BCUT2D eigenvalue weighted by Crippen LogP contribution is -2.74. The van der Waals surface area contributed by atoms with Crippen LogP contribution in [0.3, 0.4) is 0 Å². The van der Waals surface area contributed by atoms with Gasteiger partial charge in [0.1, 0.15) is 18.3 Å². The maximum atomic E-state index is 11.9. The lowest BCUT2D eigenvalue weighted by Gasteiger charge is -2.47. The average Bonchev–Trinajstić information content (AvgIpc) is 2.50. The van der Waals surface area contributed by atoms with Crippen LogP contribution in [0, 0.1) is 4.91 Å². The number of halogens is 1. The van der Waals surface area contributed by atoms with Gasteiger partial charge in [-0.05, 0) is 0 Å². The van der Waals surface area contributed by atoms with Crippen molar-refractivity contribution < 1.29 is 34.7 Å². The molecule has 12 heteroatoms. The van der Waals surface area contributed by atoms with Crippen LogP contribution in [0.25, 0.3) is 0 Å². The standard InChI is InChI=1S/C10H18ClN3O8/c1-21-8-10(19,7(17)6(16)5(4-15)22-8)12-9(18)14(13-20)3-2-11/h5-8,15-17,19H,2-4H2,1H3,(H,12,18)/t5-,6-,7+,8-,10+/m1/s1. The van der Waals surface area contributed by atoms with Gasteiger partial charge in [0.25, 0.3) is 0 Å². The van der Waals surface area contributed by atoms with Crippen molar-refractivity contribution in [3.8, 4) is 0 Å². The molecule has 1 saturated heterocycles. The quantitative estimate of drug-likeness (QED) is 0.155. The van der Waals surface area contributed by atoms with Crippen LogP contribution < -0.4 is 5.32 Å². The van der Waals surface area contributed by atoms with Crippen molar-refractivity contribution >= 4 is 17.6 Å². The van der Waals surface area contributed by atoms with Crippen molar-refractivity contribution in [3.63, 3.8) is 0 Å². The van der Waals surface area contributed by atoms with Gasteiger partial charge in [-0.25, -0.2) is 4.79 Å². The van der Waals surface area contributed by atoms with Gasteiger partial charge in [0.2, 0.25) is 12.0 Å². The van der Waals surface area contributed by atoms with E-state index in [-0.39, 0.29) is 12.4 Å². The Hall–Kier alpha value is -1.08. The summed E-state index contributed by atoms with van der Waals surface area (Å²) in [4.78, 5) is 22.4. The fourth-order valence-corrected chi connectivity index (χ4v) is 2.12. The van der Waals surface area contributed by atoms with E-state index in [4.69, 9.17) is 26.2 Å². The first-order chi connectivity index (χ1) is 10.3. The van der Waals surface area contributed by atoms with Crippen LogP contribution in [0.1, 0.15) is 0 Å². The normalized spacial score (nSPS) is 35.0. The molecule has 0 aromatic rings. The van der Waals surface area contributed by atoms with Crippen LogP contribution in [0.15, 0.2) is 5.29 Å². The largest absolute Gasteiger partial charge is 0.394 e. The molecule has 2 amide bonds. The molecule has 1 fully saturated rings. The fraction of sp³-hybridized carbons (Fsp3) is 0.900. The van der Waals surface area contributed by atoms with Crippen LogP contribution in [0.2, 0.25) is 0 Å². The van der Waals surface area contributed by atoms with Gasteiger partial charge < -0.3 is 35.2 Å². The molecular weight excluding hydrogens is 326 g/mol. The minimum absolute atomic E-state index is 0.0977. The van der Waals surface area contributed by atoms with Crippen molar-refractivity contribution in [3.05, 3.63) is 4.91 Å². The molecule has 22 heavy (non-hydrogen) atoms. The number of aliphatic hydroxyl groups excluding tert-OH is 3. The second kappa shape index (κ2) is 7.97. The number of methoxy groups -OCH3 is 1. The molecule has 5 atom stereocenters. The van der Waals surface area contributed by atoms with E-state index in [1.54, 1.807) is 0 Å². The highest BCUT2D eigenvalue weighted by atomic mass is 35.5. The van der Waals surface area contributed by atoms with E-state index in [1.165, 1.54) is 0 Å². The Morgan fingerprint density at radius 2 is 2.18 bits per heavy atom. The molecule has 128 valence electrons. The zero-order chi connectivity index (χ0) is 16.9. The summed E-state index contributed by atoms with van der Waals surface area (Å²) in [7, 11) is 1.11. The number of hydrogen-bond donors (Lipinski definition) is 5. The molecule has 1 heterocycles. The number of carbonyl (C=O) groups is 1. The second-order valence-corrected chi connectivity index (χ2v) is 4.89. The Balaban J connectivity index is 2.96. The van der Waals surface area contributed by atoms with E-state index in [9.17, 15) is 25.0 Å². The van der Waals surface area contributed by atoms with Crippen molar-refractivity contribution in [2.75, 3.05) is 26.1 Å². The van der Waals surface area contributed by atoms with E-state index < -0.39 is 43.0 Å². The summed E-state index contributed by atoms with van der Waals surface area (Å²) < 4.78 is 9.87. The Morgan fingerprint density at radius 1 is 1.55 bits per heavy atom. The molecule has 5 N–H and O–H groups in total. The van der Waals surface area contributed by atoms with E-state index in [2.05, 4.69) is 5.29 Å². The number of carbonyl (C=O) groups excluding carboxylic acids is 1. The highest BCUT2D eigenvalue weighted by Gasteiger charge is 2.56. The average molecular weight is 344 g/mol. The summed E-state index contributed by atoms with van der Waals surface area (Å²) >= 11 is 5.39. The van der Waals surface area contributed by atoms with E-state index in [0.29, 0.717) is 5.01 Å². The minimum atomic E-state index is -2.58. The predicted octanol–water partition coefficient (Wildman–Crippen LogP) is -2.31. The molecule has 0 unspecified atom stereocenters. The van der Waals surface area contributed by atoms with Crippen molar-refractivity contribution in [1.29, 1.82) is 0 Å². The van der Waals surface area contributed by atoms with Crippen molar-refractivity contribution in [1.82, 2.24) is 10.3 Å². The first kappa shape index (κ1) is 19.0. The zero-order valence-electron chi connectivity index (χ0n) is 11.6. The number of aliphatic hydroxyl groups is 4. The van der Waals surface area contributed by atoms with Gasteiger partial charge in [-0.1, -0.05) is 0 Å². The molecule has 1 aliphatic heterocycles. The molecule has 1 aliphatic rings. The Kier molecular flexibility index (Phi) is 6.87. The molecule has 0 spiro atoms. The lowest BCUT2D eigenvalue weighted by atomic mass is 9.93. The van der Waals surface area contributed by atoms with Gasteiger partial charge >= 0.3 is 6.03 Å². The summed E-state index contributed by atoms with van der Waals surface area (Å²) in [5.41, 5.74) is -2.58. The van der Waals surface area contributed by atoms with Gasteiger partial charge in [0.05, 0.1) is 18.4 Å². The predicted molar refractivity (Wildman–Crippen MR) is 71.5 cm³/mol. The van der Waals surface area contributed by atoms with Crippen LogP contribution in [0.5, 0.6) is 0 Å². The highest BCUT2D eigenvalue weighted by molar-refractivity contribution is 6.18. The monoisotopic (exact) mass is 343 g/mol. The van der Waals surface area contributed by atoms with Crippen molar-refractivity contribution in [2.45, 2.75) is 30.3 Å². The number of alkyl halides is 1. The summed E-state index contributed by atoms with van der Waals surface area (Å²) in [6, 6.07) is -1.18.